The summed E-state index contributed by atoms with van der Waals surface area (Å²) in [5, 5.41) is 2.78. The van der Waals surface area contributed by atoms with Crippen LogP contribution in [0.4, 0.5) is 15.9 Å². The van der Waals surface area contributed by atoms with Crippen LogP contribution in [0.2, 0.25) is 0 Å². The summed E-state index contributed by atoms with van der Waals surface area (Å²) in [7, 11) is 0. The third kappa shape index (κ3) is 5.78. The standard InChI is InChI=1S/C28H27FN6O2/c1-15(2)33-28(37)17-4-5-22(29)21(11-17)24-7-6-23(30)27(35-24)25(36)12-19-14-32-9-8-20(19)18-10-16(3)34-26(31)13-18/h4-11,13-15H,12,30H2,1-3H3,(H2,31,34)(H,33,37). The zero-order valence-electron chi connectivity index (χ0n) is 20.7. The van der Waals surface area contributed by atoms with Crippen molar-refractivity contribution < 1.29 is 14.0 Å². The molecule has 1 aromatic carbocycles. The molecule has 8 nitrogen and oxygen atoms in total. The fourth-order valence-corrected chi connectivity index (χ4v) is 4.01. The fraction of sp³-hybridized carbons (Fsp3) is 0.179. The molecule has 0 radical (unpaired) electrons. The molecule has 0 unspecified atom stereocenters. The van der Waals surface area contributed by atoms with E-state index in [-0.39, 0.29) is 52.4 Å². The molecule has 5 N–H and O–H groups in total. The summed E-state index contributed by atoms with van der Waals surface area (Å²) in [5.74, 6) is -0.897. The van der Waals surface area contributed by atoms with E-state index in [0.29, 0.717) is 11.4 Å². The number of aromatic nitrogens is 3. The molecular formula is C28H27FN6O2. The van der Waals surface area contributed by atoms with Gasteiger partial charge in [-0.2, -0.15) is 0 Å². The number of halogens is 1. The summed E-state index contributed by atoms with van der Waals surface area (Å²) < 4.78 is 14.8. The summed E-state index contributed by atoms with van der Waals surface area (Å²) in [5.41, 5.74) is 15.8. The van der Waals surface area contributed by atoms with Crippen molar-refractivity contribution in [2.45, 2.75) is 33.2 Å². The Hall–Kier alpha value is -4.66. The quantitative estimate of drug-likeness (QED) is 0.322. The van der Waals surface area contributed by atoms with Crippen molar-refractivity contribution in [3.63, 3.8) is 0 Å². The van der Waals surface area contributed by atoms with Crippen LogP contribution in [-0.2, 0) is 6.42 Å². The number of carbonyl (C=O) groups excluding carboxylic acids is 2. The molecular weight excluding hydrogens is 471 g/mol. The van der Waals surface area contributed by atoms with E-state index in [9.17, 15) is 14.0 Å². The molecule has 1 amide bonds. The lowest BCUT2D eigenvalue weighted by Gasteiger charge is -2.12. The van der Waals surface area contributed by atoms with E-state index in [1.165, 1.54) is 30.3 Å². The molecule has 4 aromatic rings. The molecule has 0 aliphatic carbocycles. The average molecular weight is 499 g/mol. The highest BCUT2D eigenvalue weighted by atomic mass is 19.1. The number of hydrogen-bond acceptors (Lipinski definition) is 7. The van der Waals surface area contributed by atoms with Crippen molar-refractivity contribution in [1.82, 2.24) is 20.3 Å². The Bertz CT molecular complexity index is 1480. The highest BCUT2D eigenvalue weighted by Crippen LogP contribution is 2.28. The SMILES string of the molecule is Cc1cc(-c2ccncc2CC(=O)c2nc(-c3cc(C(=O)NC(C)C)ccc3F)ccc2N)cc(N)n1. The Kier molecular flexibility index (Phi) is 7.24. The molecule has 4 rings (SSSR count). The van der Waals surface area contributed by atoms with Gasteiger partial charge in [-0.25, -0.2) is 14.4 Å². The van der Waals surface area contributed by atoms with E-state index in [0.717, 1.165) is 16.8 Å². The van der Waals surface area contributed by atoms with Gasteiger partial charge >= 0.3 is 0 Å². The Morgan fingerprint density at radius 2 is 1.78 bits per heavy atom. The van der Waals surface area contributed by atoms with E-state index in [2.05, 4.69) is 20.3 Å². The van der Waals surface area contributed by atoms with E-state index < -0.39 is 5.82 Å². The summed E-state index contributed by atoms with van der Waals surface area (Å²) in [6.45, 7) is 5.50. The summed E-state index contributed by atoms with van der Waals surface area (Å²) >= 11 is 0. The predicted molar refractivity (Wildman–Crippen MR) is 141 cm³/mol. The lowest BCUT2D eigenvalue weighted by atomic mass is 9.97. The van der Waals surface area contributed by atoms with Crippen molar-refractivity contribution in [3.8, 4) is 22.4 Å². The number of nitrogens with two attached hydrogens (primary N) is 2. The number of amides is 1. The number of anilines is 2. The number of ketones is 1. The van der Waals surface area contributed by atoms with Crippen LogP contribution >= 0.6 is 0 Å². The number of Topliss-reactive ketones (excluding diaryl/α,β-unsaturated/α-hetero) is 1. The predicted octanol–water partition coefficient (Wildman–Crippen LogP) is 4.38. The molecule has 0 bridgehead atoms. The van der Waals surface area contributed by atoms with Crippen LogP contribution in [0, 0.1) is 12.7 Å². The van der Waals surface area contributed by atoms with Gasteiger partial charge in [0.15, 0.2) is 5.78 Å². The van der Waals surface area contributed by atoms with Crippen LogP contribution in [0.3, 0.4) is 0 Å². The van der Waals surface area contributed by atoms with Crippen LogP contribution in [0.25, 0.3) is 22.4 Å². The minimum Gasteiger partial charge on any atom is -0.397 e. The second kappa shape index (κ2) is 10.5. The van der Waals surface area contributed by atoms with Crippen molar-refractivity contribution in [2.75, 3.05) is 11.5 Å². The number of pyridine rings is 3. The monoisotopic (exact) mass is 498 g/mol. The van der Waals surface area contributed by atoms with Crippen LogP contribution < -0.4 is 16.8 Å². The van der Waals surface area contributed by atoms with Crippen molar-refractivity contribution in [3.05, 3.63) is 89.3 Å². The summed E-state index contributed by atoms with van der Waals surface area (Å²) in [6.07, 6.45) is 3.20. The first-order chi connectivity index (χ1) is 17.6. The van der Waals surface area contributed by atoms with Gasteiger partial charge in [-0.05, 0) is 86.0 Å². The van der Waals surface area contributed by atoms with Gasteiger partial charge in [0.1, 0.15) is 17.3 Å². The van der Waals surface area contributed by atoms with Gasteiger partial charge in [0.25, 0.3) is 5.91 Å². The number of carbonyl (C=O) groups is 2. The number of nitrogens with zero attached hydrogens (tertiary/aromatic N) is 3. The first-order valence-electron chi connectivity index (χ1n) is 11.7. The van der Waals surface area contributed by atoms with Crippen LogP contribution in [0.1, 0.15) is 46.0 Å². The van der Waals surface area contributed by atoms with Crippen molar-refractivity contribution in [2.24, 2.45) is 0 Å². The Morgan fingerprint density at radius 3 is 2.51 bits per heavy atom. The molecule has 0 spiro atoms. The van der Waals surface area contributed by atoms with Crippen LogP contribution in [0.5, 0.6) is 0 Å². The molecule has 3 aromatic heterocycles. The topological polar surface area (TPSA) is 137 Å². The number of nitrogen functional groups attached to an aromatic ring is 2. The van der Waals surface area contributed by atoms with Gasteiger partial charge in [0.2, 0.25) is 0 Å². The number of hydrogen-bond donors (Lipinski definition) is 3. The van der Waals surface area contributed by atoms with Gasteiger partial charge < -0.3 is 16.8 Å². The molecule has 0 fully saturated rings. The zero-order chi connectivity index (χ0) is 26.7. The average Bonchev–Trinajstić information content (AvgIpc) is 2.84. The maximum atomic E-state index is 14.8. The molecule has 3 heterocycles. The third-order valence-corrected chi connectivity index (χ3v) is 5.65. The van der Waals surface area contributed by atoms with E-state index in [4.69, 9.17) is 11.5 Å². The Morgan fingerprint density at radius 1 is 1.00 bits per heavy atom. The smallest absolute Gasteiger partial charge is 0.251 e. The molecule has 9 heteroatoms. The minimum atomic E-state index is -0.572. The number of benzene rings is 1. The van der Waals surface area contributed by atoms with Gasteiger partial charge in [-0.1, -0.05) is 0 Å². The van der Waals surface area contributed by atoms with Gasteiger partial charge in [0, 0.05) is 41.7 Å². The van der Waals surface area contributed by atoms with Crippen molar-refractivity contribution >= 4 is 23.2 Å². The van der Waals surface area contributed by atoms with E-state index >= 15 is 0 Å². The van der Waals surface area contributed by atoms with E-state index in [1.807, 2.05) is 26.8 Å². The molecule has 188 valence electrons. The molecule has 0 saturated heterocycles. The zero-order valence-corrected chi connectivity index (χ0v) is 20.7. The minimum absolute atomic E-state index is 0.00848. The van der Waals surface area contributed by atoms with E-state index in [1.54, 1.807) is 24.5 Å². The first kappa shape index (κ1) is 25.4. The highest BCUT2D eigenvalue weighted by molar-refractivity contribution is 6.01. The Labute approximate surface area is 214 Å². The molecule has 0 aliphatic rings. The van der Waals surface area contributed by atoms with Gasteiger partial charge in [0.05, 0.1) is 11.4 Å². The maximum Gasteiger partial charge on any atom is 0.251 e. The summed E-state index contributed by atoms with van der Waals surface area (Å²) in [6, 6.07) is 12.4. The van der Waals surface area contributed by atoms with Gasteiger partial charge in [-0.3, -0.25) is 14.6 Å². The molecule has 0 saturated carbocycles. The van der Waals surface area contributed by atoms with Crippen LogP contribution in [-0.4, -0.2) is 32.7 Å². The van der Waals surface area contributed by atoms with Crippen LogP contribution in [0.15, 0.2) is 60.9 Å². The normalized spacial score (nSPS) is 10.9. The fourth-order valence-electron chi connectivity index (χ4n) is 4.01. The Balaban J connectivity index is 1.68. The lowest BCUT2D eigenvalue weighted by Crippen LogP contribution is -2.30. The van der Waals surface area contributed by atoms with Gasteiger partial charge in [-0.15, -0.1) is 0 Å². The maximum absolute atomic E-state index is 14.8. The molecule has 0 atom stereocenters. The molecule has 37 heavy (non-hydrogen) atoms. The second-order valence-electron chi connectivity index (χ2n) is 9.01. The highest BCUT2D eigenvalue weighted by Gasteiger charge is 2.19. The number of rotatable bonds is 7. The largest absolute Gasteiger partial charge is 0.397 e. The lowest BCUT2D eigenvalue weighted by molar-refractivity contribution is 0.0941. The molecule has 0 aliphatic heterocycles. The summed E-state index contributed by atoms with van der Waals surface area (Å²) in [4.78, 5) is 38.5. The van der Waals surface area contributed by atoms with Crippen molar-refractivity contribution in [1.29, 1.82) is 0 Å². The first-order valence-corrected chi connectivity index (χ1v) is 11.7. The second-order valence-corrected chi connectivity index (χ2v) is 9.01. The third-order valence-electron chi connectivity index (χ3n) is 5.65. The number of nitrogens with one attached hydrogen (secondary N) is 1. The number of aryl methyl sites for hydroxylation is 1.